The summed E-state index contributed by atoms with van der Waals surface area (Å²) in [6.07, 6.45) is 4.87. The number of anilines is 1. The zero-order valence-electron chi connectivity index (χ0n) is 17.7. The third kappa shape index (κ3) is 4.66. The predicted octanol–water partition coefficient (Wildman–Crippen LogP) is 2.60. The number of fused-ring (bicyclic) bond motifs is 1. The molecular weight excluding hydrogens is 448 g/mol. The molecule has 168 valence electrons. The molecule has 0 atom stereocenters. The van der Waals surface area contributed by atoms with Gasteiger partial charge in [0.2, 0.25) is 11.8 Å². The normalized spacial score (nSPS) is 14.0. The second-order valence-corrected chi connectivity index (χ2v) is 9.41. The average molecular weight is 473 g/mol. The SMILES string of the molecule is CSc1cccc(NC(=O)Cn2c(=O)n(CC(=O)N3CCCCC3)c(=O)c3sccc32)c1. The molecule has 0 aliphatic carbocycles. The fraction of sp³-hybridized carbons (Fsp3) is 0.364. The van der Waals surface area contributed by atoms with E-state index in [2.05, 4.69) is 5.32 Å². The Bertz CT molecular complexity index is 1270. The third-order valence-corrected chi connectivity index (χ3v) is 7.11. The van der Waals surface area contributed by atoms with Crippen LogP contribution < -0.4 is 16.6 Å². The van der Waals surface area contributed by atoms with Gasteiger partial charge in [-0.3, -0.25) is 19.0 Å². The van der Waals surface area contributed by atoms with Gasteiger partial charge in [0, 0.05) is 23.7 Å². The number of amides is 2. The Morgan fingerprint density at radius 1 is 1.06 bits per heavy atom. The number of benzene rings is 1. The first-order valence-electron chi connectivity index (χ1n) is 10.4. The minimum Gasteiger partial charge on any atom is -0.341 e. The molecule has 8 nitrogen and oxygen atoms in total. The predicted molar refractivity (Wildman–Crippen MR) is 128 cm³/mol. The zero-order valence-corrected chi connectivity index (χ0v) is 19.3. The molecule has 1 aliphatic rings. The van der Waals surface area contributed by atoms with E-state index in [1.165, 1.54) is 15.9 Å². The van der Waals surface area contributed by atoms with Gasteiger partial charge in [-0.25, -0.2) is 9.36 Å². The van der Waals surface area contributed by atoms with Gasteiger partial charge < -0.3 is 10.2 Å². The highest BCUT2D eigenvalue weighted by atomic mass is 32.2. The van der Waals surface area contributed by atoms with E-state index in [0.29, 0.717) is 29.0 Å². The van der Waals surface area contributed by atoms with Crippen molar-refractivity contribution < 1.29 is 9.59 Å². The van der Waals surface area contributed by atoms with Crippen molar-refractivity contribution in [3.8, 4) is 0 Å². The van der Waals surface area contributed by atoms with Gasteiger partial charge in [0.15, 0.2) is 0 Å². The van der Waals surface area contributed by atoms with Crippen LogP contribution in [0.1, 0.15) is 19.3 Å². The molecule has 1 fully saturated rings. The quantitative estimate of drug-likeness (QED) is 0.557. The van der Waals surface area contributed by atoms with E-state index in [1.54, 1.807) is 34.2 Å². The number of nitrogens with one attached hydrogen (secondary N) is 1. The van der Waals surface area contributed by atoms with E-state index in [0.717, 1.165) is 28.7 Å². The summed E-state index contributed by atoms with van der Waals surface area (Å²) in [5, 5.41) is 4.51. The summed E-state index contributed by atoms with van der Waals surface area (Å²) < 4.78 is 2.58. The lowest BCUT2D eigenvalue weighted by Crippen LogP contribution is -2.46. The molecule has 2 aromatic heterocycles. The van der Waals surface area contributed by atoms with Crippen molar-refractivity contribution >= 4 is 50.8 Å². The molecule has 4 rings (SSSR count). The maximum absolute atomic E-state index is 13.2. The summed E-state index contributed by atoms with van der Waals surface area (Å²) >= 11 is 2.76. The van der Waals surface area contributed by atoms with Crippen LogP contribution in [-0.2, 0) is 22.7 Å². The molecule has 1 aliphatic heterocycles. The van der Waals surface area contributed by atoms with Gasteiger partial charge in [0.25, 0.3) is 5.56 Å². The number of thiophene rings is 1. The summed E-state index contributed by atoms with van der Waals surface area (Å²) in [6, 6.07) is 9.07. The second-order valence-electron chi connectivity index (χ2n) is 7.62. The van der Waals surface area contributed by atoms with Crippen LogP contribution in [0.2, 0.25) is 0 Å². The molecule has 0 saturated carbocycles. The topological polar surface area (TPSA) is 93.4 Å². The van der Waals surface area contributed by atoms with Crippen molar-refractivity contribution in [2.75, 3.05) is 24.7 Å². The number of aromatic nitrogens is 2. The number of carbonyl (C=O) groups excluding carboxylic acids is 2. The van der Waals surface area contributed by atoms with Crippen molar-refractivity contribution in [3.05, 3.63) is 56.5 Å². The smallest absolute Gasteiger partial charge is 0.332 e. The van der Waals surface area contributed by atoms with Crippen molar-refractivity contribution in [1.29, 1.82) is 0 Å². The molecule has 3 aromatic rings. The summed E-state index contributed by atoms with van der Waals surface area (Å²) in [7, 11) is 0. The van der Waals surface area contributed by atoms with Crippen molar-refractivity contribution in [3.63, 3.8) is 0 Å². The highest BCUT2D eigenvalue weighted by Gasteiger charge is 2.22. The van der Waals surface area contributed by atoms with Crippen molar-refractivity contribution in [2.24, 2.45) is 0 Å². The Hall–Kier alpha value is -2.85. The average Bonchev–Trinajstić information content (AvgIpc) is 3.30. The fourth-order valence-electron chi connectivity index (χ4n) is 3.85. The summed E-state index contributed by atoms with van der Waals surface area (Å²) in [4.78, 5) is 54.3. The maximum Gasteiger partial charge on any atom is 0.332 e. The first-order valence-corrected chi connectivity index (χ1v) is 12.5. The minimum atomic E-state index is -0.653. The summed E-state index contributed by atoms with van der Waals surface area (Å²) in [5.41, 5.74) is -0.112. The number of rotatable bonds is 6. The molecule has 0 unspecified atom stereocenters. The second kappa shape index (κ2) is 9.74. The Morgan fingerprint density at radius 2 is 1.84 bits per heavy atom. The number of carbonyl (C=O) groups is 2. The molecule has 10 heteroatoms. The third-order valence-electron chi connectivity index (χ3n) is 5.49. The molecule has 3 heterocycles. The minimum absolute atomic E-state index is 0.246. The maximum atomic E-state index is 13.2. The molecule has 0 spiro atoms. The Morgan fingerprint density at radius 3 is 2.59 bits per heavy atom. The van der Waals surface area contributed by atoms with Gasteiger partial charge in [-0.1, -0.05) is 6.07 Å². The van der Waals surface area contributed by atoms with E-state index >= 15 is 0 Å². The number of nitrogens with zero attached hydrogens (tertiary/aromatic N) is 3. The van der Waals surface area contributed by atoms with E-state index in [-0.39, 0.29) is 24.9 Å². The van der Waals surface area contributed by atoms with E-state index in [1.807, 2.05) is 24.5 Å². The monoisotopic (exact) mass is 472 g/mol. The van der Waals surface area contributed by atoms with Crippen molar-refractivity contribution in [1.82, 2.24) is 14.0 Å². The van der Waals surface area contributed by atoms with Crippen LogP contribution in [-0.4, -0.2) is 45.2 Å². The lowest BCUT2D eigenvalue weighted by molar-refractivity contribution is -0.132. The number of piperidine rings is 1. The van der Waals surface area contributed by atoms with Crippen LogP contribution in [0.15, 0.2) is 50.2 Å². The number of likely N-dealkylation sites (tertiary alicyclic amines) is 1. The van der Waals surface area contributed by atoms with Crippen LogP contribution in [0.3, 0.4) is 0 Å². The molecule has 1 N–H and O–H groups in total. The highest BCUT2D eigenvalue weighted by Crippen LogP contribution is 2.19. The first kappa shape index (κ1) is 22.3. The summed E-state index contributed by atoms with van der Waals surface area (Å²) in [6.45, 7) is 0.706. The van der Waals surface area contributed by atoms with Gasteiger partial charge in [0.05, 0.1) is 5.52 Å². The van der Waals surface area contributed by atoms with Crippen LogP contribution in [0.5, 0.6) is 0 Å². The van der Waals surface area contributed by atoms with Gasteiger partial charge in [0.1, 0.15) is 17.8 Å². The van der Waals surface area contributed by atoms with Gasteiger partial charge in [-0.05, 0) is 55.2 Å². The molecule has 1 aromatic carbocycles. The van der Waals surface area contributed by atoms with Gasteiger partial charge in [-0.15, -0.1) is 23.1 Å². The van der Waals surface area contributed by atoms with E-state index in [9.17, 15) is 19.2 Å². The highest BCUT2D eigenvalue weighted by molar-refractivity contribution is 7.98. The number of hydrogen-bond donors (Lipinski definition) is 1. The van der Waals surface area contributed by atoms with Crippen LogP contribution in [0.4, 0.5) is 5.69 Å². The molecule has 0 bridgehead atoms. The lowest BCUT2D eigenvalue weighted by Gasteiger charge is -2.26. The van der Waals surface area contributed by atoms with Crippen molar-refractivity contribution in [2.45, 2.75) is 37.2 Å². The largest absolute Gasteiger partial charge is 0.341 e. The van der Waals surface area contributed by atoms with Gasteiger partial charge >= 0.3 is 5.69 Å². The molecule has 0 radical (unpaired) electrons. The number of thioether (sulfide) groups is 1. The molecule has 2 amide bonds. The Balaban J connectivity index is 1.63. The lowest BCUT2D eigenvalue weighted by atomic mass is 10.1. The Labute approximate surface area is 192 Å². The van der Waals surface area contributed by atoms with Crippen LogP contribution in [0, 0.1) is 0 Å². The van der Waals surface area contributed by atoms with Crippen LogP contribution in [0.25, 0.3) is 10.2 Å². The first-order chi connectivity index (χ1) is 15.5. The zero-order chi connectivity index (χ0) is 22.7. The van der Waals surface area contributed by atoms with Crippen LogP contribution >= 0.6 is 23.1 Å². The van der Waals surface area contributed by atoms with E-state index in [4.69, 9.17) is 0 Å². The standard InChI is InChI=1S/C22H24N4O4S2/c1-31-16-7-5-6-15(12-16)23-18(27)13-25-17-8-11-32-20(17)21(29)26(22(25)30)14-19(28)24-9-3-2-4-10-24/h5-8,11-12H,2-4,9-10,13-14H2,1H3,(H,23,27). The molecule has 32 heavy (non-hydrogen) atoms. The number of hydrogen-bond acceptors (Lipinski definition) is 6. The van der Waals surface area contributed by atoms with E-state index < -0.39 is 11.2 Å². The fourth-order valence-corrected chi connectivity index (χ4v) is 5.15. The van der Waals surface area contributed by atoms with Gasteiger partial charge in [-0.2, -0.15) is 0 Å². The molecular formula is C22H24N4O4S2. The Kier molecular flexibility index (Phi) is 6.80. The molecule has 1 saturated heterocycles. The summed E-state index contributed by atoms with van der Waals surface area (Å²) in [5.74, 6) is -0.630.